The molecule has 144 valence electrons. The number of benzene rings is 1. The molecule has 27 heavy (non-hydrogen) atoms. The van der Waals surface area contributed by atoms with Crippen LogP contribution in [0.25, 0.3) is 10.8 Å². The van der Waals surface area contributed by atoms with Crippen molar-refractivity contribution < 1.29 is 14.7 Å². The molecule has 1 aromatic carbocycles. The maximum Gasteiger partial charge on any atom is 0.252 e. The highest BCUT2D eigenvalue weighted by atomic mass is 127. The molecule has 1 heterocycles. The number of rotatable bonds is 4. The normalized spacial score (nSPS) is 17.6. The number of alkyl halides is 1. The second-order valence-corrected chi connectivity index (χ2v) is 5.82. The Morgan fingerprint density at radius 2 is 2.04 bits per heavy atom. The van der Waals surface area contributed by atoms with Gasteiger partial charge in [-0.2, -0.15) is 5.26 Å². The quantitative estimate of drug-likeness (QED) is 0.516. The molecular formula is C20H24IN3O3. The zero-order chi connectivity index (χ0) is 20.2. The lowest BCUT2D eigenvalue weighted by molar-refractivity contribution is -0.122. The first-order chi connectivity index (χ1) is 13.2. The molecule has 1 aliphatic carbocycles. The smallest absolute Gasteiger partial charge is 0.252 e. The van der Waals surface area contributed by atoms with Crippen LogP contribution >= 0.6 is 22.6 Å². The monoisotopic (exact) mass is 481 g/mol. The average molecular weight is 481 g/mol. The number of fused-ring (bicyclic) bond motifs is 1. The van der Waals surface area contributed by atoms with Gasteiger partial charge in [0.15, 0.2) is 5.78 Å². The number of aromatic nitrogens is 1. The molecule has 7 heteroatoms. The van der Waals surface area contributed by atoms with E-state index in [2.05, 4.69) is 39.0 Å². The van der Waals surface area contributed by atoms with Gasteiger partial charge < -0.3 is 10.4 Å². The topological polar surface area (TPSA) is 103 Å². The minimum Gasteiger partial charge on any atom is -0.400 e. The lowest BCUT2D eigenvalue weighted by atomic mass is 9.93. The standard InChI is InChI=1S/C18H17N3O2.CH3I.CH4O/c19-9-13-4-2-5-14(13)17(22)11-21-18(23)15-6-1-3-12-7-8-20-10-16(12)15;2*1-2/h1,3,6-8,10,13-14H,2,4-5,11H2,(H,21,23);1H3;2H,1H3. The Hall–Kier alpha value is -2.05. The Balaban J connectivity index is 0.000000855. The fourth-order valence-corrected chi connectivity index (χ4v) is 3.21. The van der Waals surface area contributed by atoms with Crippen LogP contribution < -0.4 is 5.32 Å². The van der Waals surface area contributed by atoms with E-state index in [9.17, 15) is 9.59 Å². The molecule has 0 aliphatic heterocycles. The van der Waals surface area contributed by atoms with Gasteiger partial charge in [0.25, 0.3) is 5.91 Å². The van der Waals surface area contributed by atoms with Gasteiger partial charge in [-0.15, -0.1) is 0 Å². The first-order valence-electron chi connectivity index (χ1n) is 8.56. The van der Waals surface area contributed by atoms with Gasteiger partial charge in [0.05, 0.1) is 18.5 Å². The number of nitrogens with zero attached hydrogens (tertiary/aromatic N) is 2. The van der Waals surface area contributed by atoms with E-state index in [1.807, 2.05) is 23.1 Å². The fraction of sp³-hybridized carbons (Fsp3) is 0.400. The van der Waals surface area contributed by atoms with Gasteiger partial charge in [0.1, 0.15) is 0 Å². The Kier molecular flexibility index (Phi) is 10.5. The minimum absolute atomic E-state index is 0.0294. The van der Waals surface area contributed by atoms with E-state index in [0.29, 0.717) is 5.56 Å². The van der Waals surface area contributed by atoms with Crippen molar-refractivity contribution in [2.75, 3.05) is 18.6 Å². The number of nitriles is 1. The van der Waals surface area contributed by atoms with E-state index in [0.717, 1.165) is 37.1 Å². The summed E-state index contributed by atoms with van der Waals surface area (Å²) in [7, 11) is 1.00. The minimum atomic E-state index is -0.288. The second-order valence-electron chi connectivity index (χ2n) is 5.82. The van der Waals surface area contributed by atoms with Gasteiger partial charge in [-0.25, -0.2) is 0 Å². The number of Topliss-reactive ketones (excluding diaryl/α,β-unsaturated/α-hetero) is 1. The van der Waals surface area contributed by atoms with Crippen LogP contribution in [0.2, 0.25) is 0 Å². The van der Waals surface area contributed by atoms with Gasteiger partial charge >= 0.3 is 0 Å². The number of amides is 1. The molecule has 1 aliphatic rings. The Morgan fingerprint density at radius 3 is 2.74 bits per heavy atom. The molecule has 1 saturated carbocycles. The molecule has 0 spiro atoms. The molecule has 1 amide bonds. The molecule has 2 aromatic rings. The van der Waals surface area contributed by atoms with Crippen molar-refractivity contribution in [2.45, 2.75) is 19.3 Å². The Labute approximate surface area is 173 Å². The van der Waals surface area contributed by atoms with Crippen LogP contribution in [-0.4, -0.2) is 40.4 Å². The third-order valence-corrected chi connectivity index (χ3v) is 4.45. The van der Waals surface area contributed by atoms with Crippen molar-refractivity contribution in [3.63, 3.8) is 0 Å². The summed E-state index contributed by atoms with van der Waals surface area (Å²) in [5, 5.41) is 20.4. The molecule has 0 saturated heterocycles. The first-order valence-corrected chi connectivity index (χ1v) is 10.7. The highest BCUT2D eigenvalue weighted by Crippen LogP contribution is 2.31. The number of nitrogens with one attached hydrogen (secondary N) is 1. The number of carbonyl (C=O) groups excluding carboxylic acids is 2. The number of hydrogen-bond donors (Lipinski definition) is 2. The molecule has 2 atom stereocenters. The van der Waals surface area contributed by atoms with Gasteiger partial charge in [-0.3, -0.25) is 14.6 Å². The van der Waals surface area contributed by atoms with E-state index in [-0.39, 0.29) is 30.1 Å². The number of aliphatic hydroxyl groups excluding tert-OH is 1. The summed E-state index contributed by atoms with van der Waals surface area (Å²) >= 11 is 2.15. The van der Waals surface area contributed by atoms with Gasteiger partial charge in [-0.1, -0.05) is 41.1 Å². The summed E-state index contributed by atoms with van der Waals surface area (Å²) in [5.41, 5.74) is 0.506. The maximum absolute atomic E-state index is 12.4. The number of pyridine rings is 1. The lowest BCUT2D eigenvalue weighted by Crippen LogP contribution is -2.34. The molecule has 0 bridgehead atoms. The van der Waals surface area contributed by atoms with Crippen molar-refractivity contribution in [3.05, 3.63) is 42.2 Å². The lowest BCUT2D eigenvalue weighted by Gasteiger charge is -2.13. The van der Waals surface area contributed by atoms with Crippen molar-refractivity contribution in [2.24, 2.45) is 11.8 Å². The number of halogens is 1. The van der Waals surface area contributed by atoms with Crippen molar-refractivity contribution in [3.8, 4) is 6.07 Å². The highest BCUT2D eigenvalue weighted by Gasteiger charge is 2.32. The number of carbonyl (C=O) groups is 2. The zero-order valence-corrected chi connectivity index (χ0v) is 17.6. The van der Waals surface area contributed by atoms with Crippen LogP contribution in [0.1, 0.15) is 29.6 Å². The predicted octanol–water partition coefficient (Wildman–Crippen LogP) is 3.13. The SMILES string of the molecule is CI.CO.N#CC1CCCC1C(=O)CNC(=O)c1cccc2ccncc12. The molecule has 6 nitrogen and oxygen atoms in total. The third-order valence-electron chi connectivity index (χ3n) is 4.45. The van der Waals surface area contributed by atoms with Gasteiger partial charge in [0, 0.05) is 36.4 Å². The maximum atomic E-state index is 12.4. The van der Waals surface area contributed by atoms with Gasteiger partial charge in [0.2, 0.25) is 0 Å². The molecule has 1 fully saturated rings. The Morgan fingerprint density at radius 1 is 1.30 bits per heavy atom. The third kappa shape index (κ3) is 5.97. The van der Waals surface area contributed by atoms with E-state index in [1.54, 1.807) is 18.5 Å². The number of aliphatic hydroxyl groups is 1. The van der Waals surface area contributed by atoms with E-state index >= 15 is 0 Å². The molecule has 2 N–H and O–H groups in total. The molecule has 0 radical (unpaired) electrons. The van der Waals surface area contributed by atoms with Crippen LogP contribution in [-0.2, 0) is 4.79 Å². The fourth-order valence-electron chi connectivity index (χ4n) is 3.21. The Bertz CT molecular complexity index is 799. The van der Waals surface area contributed by atoms with Crippen molar-refractivity contribution >= 4 is 45.1 Å². The predicted molar refractivity (Wildman–Crippen MR) is 114 cm³/mol. The van der Waals surface area contributed by atoms with Crippen LogP contribution in [0.15, 0.2) is 36.7 Å². The van der Waals surface area contributed by atoms with E-state index in [4.69, 9.17) is 10.4 Å². The number of hydrogen-bond acceptors (Lipinski definition) is 5. The molecule has 3 rings (SSSR count). The van der Waals surface area contributed by atoms with Crippen LogP contribution in [0, 0.1) is 23.2 Å². The first kappa shape index (κ1) is 23.0. The van der Waals surface area contributed by atoms with Crippen molar-refractivity contribution in [1.29, 1.82) is 5.26 Å². The molecular weight excluding hydrogens is 457 g/mol. The van der Waals surface area contributed by atoms with Crippen LogP contribution in [0.4, 0.5) is 0 Å². The molecule has 2 unspecified atom stereocenters. The molecule has 1 aromatic heterocycles. The average Bonchev–Trinajstić information content (AvgIpc) is 3.23. The largest absolute Gasteiger partial charge is 0.400 e. The van der Waals surface area contributed by atoms with E-state index in [1.165, 1.54) is 0 Å². The van der Waals surface area contributed by atoms with E-state index < -0.39 is 0 Å². The summed E-state index contributed by atoms with van der Waals surface area (Å²) in [5.74, 6) is -0.792. The summed E-state index contributed by atoms with van der Waals surface area (Å²) < 4.78 is 0. The highest BCUT2D eigenvalue weighted by molar-refractivity contribution is 14.1. The second kappa shape index (κ2) is 12.4. The summed E-state index contributed by atoms with van der Waals surface area (Å²) in [6.07, 6.45) is 5.74. The summed E-state index contributed by atoms with van der Waals surface area (Å²) in [6.45, 7) is -0.0294. The van der Waals surface area contributed by atoms with Gasteiger partial charge in [-0.05, 0) is 35.3 Å². The summed E-state index contributed by atoms with van der Waals surface area (Å²) in [6, 6.07) is 9.48. The van der Waals surface area contributed by atoms with Crippen LogP contribution in [0.3, 0.4) is 0 Å². The van der Waals surface area contributed by atoms with Crippen LogP contribution in [0.5, 0.6) is 0 Å². The number of ketones is 1. The summed E-state index contributed by atoms with van der Waals surface area (Å²) in [4.78, 5) is 30.6. The zero-order valence-electron chi connectivity index (χ0n) is 15.5. The van der Waals surface area contributed by atoms with Crippen molar-refractivity contribution in [1.82, 2.24) is 10.3 Å².